The summed E-state index contributed by atoms with van der Waals surface area (Å²) in [6.45, 7) is 10.3. The quantitative estimate of drug-likeness (QED) is 0.757. The van der Waals surface area contributed by atoms with Crippen LogP contribution in [0.3, 0.4) is 0 Å². The van der Waals surface area contributed by atoms with E-state index in [4.69, 9.17) is 0 Å². The molecule has 3 atom stereocenters. The molecule has 1 aliphatic rings. The Balaban J connectivity index is 2.04. The first-order valence-electron chi connectivity index (χ1n) is 7.92. The lowest BCUT2D eigenvalue weighted by atomic mass is 9.68. The van der Waals surface area contributed by atoms with E-state index in [2.05, 4.69) is 58.4 Å². The number of halogens is 1. The molecule has 0 amide bonds. The van der Waals surface area contributed by atoms with E-state index in [0.717, 1.165) is 31.1 Å². The van der Waals surface area contributed by atoms with Gasteiger partial charge < -0.3 is 0 Å². The van der Waals surface area contributed by atoms with Crippen LogP contribution in [0.5, 0.6) is 0 Å². The van der Waals surface area contributed by atoms with Crippen molar-refractivity contribution in [2.75, 3.05) is 0 Å². The summed E-state index contributed by atoms with van der Waals surface area (Å²) >= 11 is 3.90. The third-order valence-corrected chi connectivity index (χ3v) is 5.90. The molecule has 0 spiro atoms. The molecule has 0 aromatic carbocycles. The van der Waals surface area contributed by atoms with E-state index in [1.165, 1.54) is 19.3 Å². The summed E-state index contributed by atoms with van der Waals surface area (Å²) < 4.78 is 2.08. The summed E-state index contributed by atoms with van der Waals surface area (Å²) in [4.78, 5) is 5.11. The van der Waals surface area contributed by atoms with E-state index >= 15 is 0 Å². The zero-order valence-corrected chi connectivity index (χ0v) is 14.9. The average molecular weight is 342 g/mol. The van der Waals surface area contributed by atoms with Gasteiger partial charge in [0, 0.05) is 17.8 Å². The van der Waals surface area contributed by atoms with E-state index < -0.39 is 0 Å². The zero-order chi connectivity index (χ0) is 14.8. The molecule has 1 saturated carbocycles. The second-order valence-electron chi connectivity index (χ2n) is 7.26. The number of aromatic nitrogens is 3. The first kappa shape index (κ1) is 16.0. The fourth-order valence-corrected chi connectivity index (χ4v) is 3.97. The topological polar surface area (TPSA) is 30.7 Å². The summed E-state index contributed by atoms with van der Waals surface area (Å²) in [6, 6.07) is 0. The molecule has 4 heteroatoms. The lowest BCUT2D eigenvalue weighted by Crippen LogP contribution is -2.33. The van der Waals surface area contributed by atoms with E-state index in [-0.39, 0.29) is 0 Å². The number of aryl methyl sites for hydroxylation is 1. The van der Waals surface area contributed by atoms with Crippen LogP contribution in [0.15, 0.2) is 6.33 Å². The van der Waals surface area contributed by atoms with Gasteiger partial charge in [0.15, 0.2) is 0 Å². The fourth-order valence-electron chi connectivity index (χ4n) is 3.30. The fraction of sp³-hybridized carbons (Fsp3) is 0.875. The molecule has 3 nitrogen and oxygen atoms in total. The van der Waals surface area contributed by atoms with Gasteiger partial charge in [-0.2, -0.15) is 5.10 Å². The largest absolute Gasteiger partial charge is 0.250 e. The lowest BCUT2D eigenvalue weighted by molar-refractivity contribution is 0.145. The van der Waals surface area contributed by atoms with E-state index in [1.807, 2.05) is 0 Å². The zero-order valence-electron chi connectivity index (χ0n) is 13.3. The molecule has 114 valence electrons. The van der Waals surface area contributed by atoms with Crippen molar-refractivity contribution in [3.05, 3.63) is 12.2 Å². The highest BCUT2D eigenvalue weighted by molar-refractivity contribution is 9.09. The van der Waals surface area contributed by atoms with E-state index in [1.54, 1.807) is 6.33 Å². The molecule has 0 radical (unpaired) electrons. The van der Waals surface area contributed by atoms with Crippen molar-refractivity contribution in [3.63, 3.8) is 0 Å². The summed E-state index contributed by atoms with van der Waals surface area (Å²) in [5, 5.41) is 4.35. The molecule has 0 bridgehead atoms. The molecule has 1 heterocycles. The maximum atomic E-state index is 4.48. The normalized spacial score (nSPS) is 27.8. The number of hydrogen-bond donors (Lipinski definition) is 0. The van der Waals surface area contributed by atoms with Crippen LogP contribution in [-0.4, -0.2) is 19.6 Å². The van der Waals surface area contributed by atoms with Gasteiger partial charge in [0.2, 0.25) is 0 Å². The Labute approximate surface area is 131 Å². The summed E-state index contributed by atoms with van der Waals surface area (Å²) in [6.07, 6.45) is 7.81. The third-order valence-electron chi connectivity index (χ3n) is 4.69. The Hall–Kier alpha value is -0.380. The number of rotatable bonds is 4. The smallest absolute Gasteiger partial charge is 0.138 e. The second kappa shape index (κ2) is 6.59. The van der Waals surface area contributed by atoms with Crippen LogP contribution in [-0.2, 0) is 13.0 Å². The minimum atomic E-state index is 0.419. The first-order valence-corrected chi connectivity index (χ1v) is 8.84. The monoisotopic (exact) mass is 341 g/mol. The maximum Gasteiger partial charge on any atom is 0.138 e. The first-order chi connectivity index (χ1) is 9.41. The maximum absolute atomic E-state index is 4.48. The second-order valence-corrected chi connectivity index (χ2v) is 8.43. The third kappa shape index (κ3) is 3.84. The van der Waals surface area contributed by atoms with Gasteiger partial charge in [-0.05, 0) is 42.9 Å². The van der Waals surface area contributed by atoms with Crippen LogP contribution < -0.4 is 0 Å². The standard InChI is InChI=1S/C16H28BrN3/c1-5-8-20-15(18-11-19-20)10-12-9-13(16(2,3)4)6-7-14(12)17/h11-14H,5-10H2,1-4H3. The summed E-state index contributed by atoms with van der Waals surface area (Å²) in [5.41, 5.74) is 0.419. The Kier molecular flexibility index (Phi) is 5.27. The summed E-state index contributed by atoms with van der Waals surface area (Å²) in [5.74, 6) is 2.67. The molecule has 0 saturated heterocycles. The van der Waals surface area contributed by atoms with Crippen molar-refractivity contribution >= 4 is 15.9 Å². The predicted octanol–water partition coefficient (Wildman–Crippen LogP) is 4.46. The number of hydrogen-bond acceptors (Lipinski definition) is 2. The van der Waals surface area contributed by atoms with Gasteiger partial charge in [-0.15, -0.1) is 0 Å². The molecule has 20 heavy (non-hydrogen) atoms. The molecule has 1 aromatic heterocycles. The predicted molar refractivity (Wildman–Crippen MR) is 87.0 cm³/mol. The molecule has 1 aromatic rings. The highest BCUT2D eigenvalue weighted by Gasteiger charge is 2.35. The van der Waals surface area contributed by atoms with Gasteiger partial charge >= 0.3 is 0 Å². The minimum absolute atomic E-state index is 0.419. The molecule has 3 unspecified atom stereocenters. The molecule has 0 aliphatic heterocycles. The van der Waals surface area contributed by atoms with Crippen LogP contribution in [0, 0.1) is 17.3 Å². The van der Waals surface area contributed by atoms with E-state index in [9.17, 15) is 0 Å². The Bertz CT molecular complexity index is 422. The highest BCUT2D eigenvalue weighted by atomic mass is 79.9. The molecule has 1 fully saturated rings. The molecular weight excluding hydrogens is 314 g/mol. The van der Waals surface area contributed by atoms with Crippen LogP contribution >= 0.6 is 15.9 Å². The number of nitrogens with zero attached hydrogens (tertiary/aromatic N) is 3. The van der Waals surface area contributed by atoms with Crippen molar-refractivity contribution in [3.8, 4) is 0 Å². The van der Waals surface area contributed by atoms with Gasteiger partial charge in [0.25, 0.3) is 0 Å². The van der Waals surface area contributed by atoms with Crippen molar-refractivity contribution in [1.29, 1.82) is 0 Å². The van der Waals surface area contributed by atoms with Crippen molar-refractivity contribution < 1.29 is 0 Å². The lowest BCUT2D eigenvalue weighted by Gasteiger charge is -2.40. The van der Waals surface area contributed by atoms with Gasteiger partial charge in [-0.3, -0.25) is 4.68 Å². The van der Waals surface area contributed by atoms with Gasteiger partial charge in [-0.25, -0.2) is 4.98 Å². The van der Waals surface area contributed by atoms with Crippen molar-refractivity contribution in [2.24, 2.45) is 17.3 Å². The Morgan fingerprint density at radius 2 is 2.10 bits per heavy atom. The summed E-state index contributed by atoms with van der Waals surface area (Å²) in [7, 11) is 0. The van der Waals surface area contributed by atoms with Crippen molar-refractivity contribution in [2.45, 2.75) is 71.2 Å². The molecule has 0 N–H and O–H groups in total. The van der Waals surface area contributed by atoms with Crippen LogP contribution in [0.1, 0.15) is 59.2 Å². The van der Waals surface area contributed by atoms with Gasteiger partial charge in [-0.1, -0.05) is 43.6 Å². The Morgan fingerprint density at radius 3 is 2.75 bits per heavy atom. The SMILES string of the molecule is CCCn1ncnc1CC1CC(C(C)(C)C)CCC1Br. The van der Waals surface area contributed by atoms with Crippen LogP contribution in [0.25, 0.3) is 0 Å². The Morgan fingerprint density at radius 1 is 1.35 bits per heavy atom. The number of alkyl halides is 1. The van der Waals surface area contributed by atoms with Crippen molar-refractivity contribution in [1.82, 2.24) is 14.8 Å². The molecule has 1 aliphatic carbocycles. The van der Waals surface area contributed by atoms with E-state index in [0.29, 0.717) is 16.2 Å². The average Bonchev–Trinajstić information content (AvgIpc) is 2.79. The highest BCUT2D eigenvalue weighted by Crippen LogP contribution is 2.43. The van der Waals surface area contributed by atoms with Gasteiger partial charge in [0.05, 0.1) is 0 Å². The van der Waals surface area contributed by atoms with Crippen LogP contribution in [0.2, 0.25) is 0 Å². The minimum Gasteiger partial charge on any atom is -0.250 e. The molecular formula is C16H28BrN3. The van der Waals surface area contributed by atoms with Crippen LogP contribution in [0.4, 0.5) is 0 Å². The molecule has 2 rings (SSSR count). The van der Waals surface area contributed by atoms with Gasteiger partial charge in [0.1, 0.15) is 12.2 Å².